The summed E-state index contributed by atoms with van der Waals surface area (Å²) < 4.78 is 74.1. The first-order valence-electron chi connectivity index (χ1n) is 21.0. The highest BCUT2D eigenvalue weighted by Crippen LogP contribution is 2.46. The number of benzene rings is 4. The zero-order valence-corrected chi connectivity index (χ0v) is 39.2. The van der Waals surface area contributed by atoms with E-state index in [1.807, 2.05) is 0 Å². The number of aromatic hydroxyl groups is 1. The number of sulfonamides is 1. The van der Waals surface area contributed by atoms with Gasteiger partial charge in [0.25, 0.3) is 22.5 Å². The van der Waals surface area contributed by atoms with Crippen molar-refractivity contribution < 1.29 is 54.6 Å². The molecule has 21 heteroatoms. The van der Waals surface area contributed by atoms with E-state index in [0.717, 1.165) is 0 Å². The molecule has 0 aliphatic carbocycles. The fourth-order valence-electron chi connectivity index (χ4n) is 6.66. The first kappa shape index (κ1) is 52.2. The van der Waals surface area contributed by atoms with Crippen LogP contribution in [0.25, 0.3) is 32.3 Å². The third kappa shape index (κ3) is 15.0. The first-order valence-corrected chi connectivity index (χ1v) is 24.6. The Morgan fingerprint density at radius 1 is 0.631 bits per heavy atom. The number of phenols is 1. The summed E-state index contributed by atoms with van der Waals surface area (Å²) in [5, 5.41) is 31.4. The highest BCUT2D eigenvalue weighted by Gasteiger charge is 2.29. The van der Waals surface area contributed by atoms with Crippen molar-refractivity contribution in [3.8, 4) is 5.75 Å². The van der Waals surface area contributed by atoms with Gasteiger partial charge in [0.1, 0.15) is 11.8 Å². The lowest BCUT2D eigenvalue weighted by Gasteiger charge is -2.21. The summed E-state index contributed by atoms with van der Waals surface area (Å²) in [4.78, 5) is 47.3. The zero-order chi connectivity index (χ0) is 47.8. The van der Waals surface area contributed by atoms with Crippen molar-refractivity contribution in [1.82, 2.24) is 20.7 Å². The number of aliphatic carboxylic acids is 1. The maximum absolute atomic E-state index is 14.3. The Balaban J connectivity index is 1.63. The molecule has 4 rings (SSSR count). The maximum atomic E-state index is 14.3. The Bertz CT molecular complexity index is 2580. The molecule has 3 unspecified atom stereocenters. The first-order chi connectivity index (χ1) is 30.8. The number of carbonyl (C=O) groups excluding carboxylic acids is 3. The molecule has 0 radical (unpaired) electrons. The molecule has 0 spiro atoms. The highest BCUT2D eigenvalue weighted by atomic mass is 32.2. The fraction of sp³-hybridized carbons (Fsp3) is 0.409. The summed E-state index contributed by atoms with van der Waals surface area (Å²) >= 11 is -4.29. The van der Waals surface area contributed by atoms with Crippen LogP contribution >= 0.6 is 0 Å². The SMILES string of the molecule is C=C(C)C(=O)NCCCCCOS(=O)Nc1cc(O)c2ccc3c(S(=O)(=O)NC(CCCCNC(=O)C(=C)C)C(=O)O)cc(NS(=O)OCCCCCNC(=O)C(=C)C)c4ccc1c2c43. The quantitative estimate of drug-likeness (QED) is 0.0180. The number of carbonyl (C=O) groups is 4. The van der Waals surface area contributed by atoms with Gasteiger partial charge in [0, 0.05) is 74.7 Å². The molecule has 18 nitrogen and oxygen atoms in total. The minimum Gasteiger partial charge on any atom is -0.507 e. The van der Waals surface area contributed by atoms with Crippen LogP contribution in [-0.4, -0.2) is 89.6 Å². The number of unbranched alkanes of at least 4 members (excludes halogenated alkanes) is 5. The van der Waals surface area contributed by atoms with Gasteiger partial charge in [-0.05, 0) is 90.7 Å². The summed E-state index contributed by atoms with van der Waals surface area (Å²) in [7, 11) is -4.66. The molecular formula is C44H58N6O12S3. The summed E-state index contributed by atoms with van der Waals surface area (Å²) in [6.07, 6.45) is 4.15. The summed E-state index contributed by atoms with van der Waals surface area (Å²) in [5.74, 6) is -2.49. The largest absolute Gasteiger partial charge is 0.507 e. The van der Waals surface area contributed by atoms with Crippen LogP contribution in [0, 0.1) is 0 Å². The number of hydrogen-bond acceptors (Lipinski definition) is 11. The molecule has 4 aromatic carbocycles. The number of hydrogen-bond donors (Lipinski definition) is 8. The third-order valence-corrected chi connectivity index (χ3v) is 13.1. The Kier molecular flexibility index (Phi) is 19.9. The molecule has 0 fully saturated rings. The van der Waals surface area contributed by atoms with E-state index in [4.69, 9.17) is 8.37 Å². The lowest BCUT2D eigenvalue weighted by molar-refractivity contribution is -0.139. The highest BCUT2D eigenvalue weighted by molar-refractivity contribution is 7.89. The molecule has 0 aliphatic rings. The second kappa shape index (κ2) is 24.7. The zero-order valence-electron chi connectivity index (χ0n) is 36.8. The van der Waals surface area contributed by atoms with E-state index in [-0.39, 0.29) is 77.7 Å². The van der Waals surface area contributed by atoms with Crippen molar-refractivity contribution in [3.63, 3.8) is 0 Å². The summed E-state index contributed by atoms with van der Waals surface area (Å²) in [6.45, 7) is 16.8. The molecule has 8 N–H and O–H groups in total. The van der Waals surface area contributed by atoms with Crippen molar-refractivity contribution in [3.05, 3.63) is 72.9 Å². The van der Waals surface area contributed by atoms with Crippen molar-refractivity contribution in [2.45, 2.75) is 89.5 Å². The van der Waals surface area contributed by atoms with E-state index < -0.39 is 44.6 Å². The number of rotatable bonds is 30. The fourth-order valence-corrected chi connectivity index (χ4v) is 9.47. The number of anilines is 2. The Morgan fingerprint density at radius 2 is 1.05 bits per heavy atom. The Hall–Kier alpha value is -5.45. The average molecular weight is 959 g/mol. The van der Waals surface area contributed by atoms with Crippen LogP contribution in [0.15, 0.2) is 77.7 Å². The Morgan fingerprint density at radius 3 is 1.51 bits per heavy atom. The van der Waals surface area contributed by atoms with Crippen molar-refractivity contribution >= 4 is 99.9 Å². The number of carboxylic acids is 1. The van der Waals surface area contributed by atoms with Crippen LogP contribution in [0.2, 0.25) is 0 Å². The van der Waals surface area contributed by atoms with Crippen LogP contribution in [0.4, 0.5) is 11.4 Å². The topological polar surface area (TPSA) is 268 Å². The number of phenolic OH excluding ortho intramolecular Hbond substituents is 1. The number of amides is 3. The predicted molar refractivity (Wildman–Crippen MR) is 254 cm³/mol. The Labute approximate surface area is 384 Å². The van der Waals surface area contributed by atoms with Gasteiger partial charge in [-0.3, -0.25) is 37.0 Å². The molecule has 354 valence electrons. The minimum absolute atomic E-state index is 0.0530. The normalized spacial score (nSPS) is 13.0. The van der Waals surface area contributed by atoms with Crippen molar-refractivity contribution in [2.24, 2.45) is 0 Å². The molecule has 0 aliphatic heterocycles. The molecule has 3 amide bonds. The van der Waals surface area contributed by atoms with Crippen LogP contribution in [0.5, 0.6) is 5.75 Å². The molecule has 65 heavy (non-hydrogen) atoms. The van der Waals surface area contributed by atoms with Crippen LogP contribution in [0.1, 0.15) is 78.6 Å². The van der Waals surface area contributed by atoms with Gasteiger partial charge in [-0.25, -0.2) is 16.8 Å². The standard InChI is InChI=1S/C44H58N6O12S3/c1-27(2)41(52)45-20-10-7-13-23-61-63(57)48-35-25-37(51)32-18-19-33-38(65(59,60)50-34(44(55)56)15-9-12-22-47-43(54)29(5)6)26-36(31-17-16-30(35)39(32)40(31)33)49-64(58)62-24-14-8-11-21-46-42(53)28(3)4/h16-19,25-26,34,48-51H,1,3,5,7-15,20-24H2,2,4,6H3,(H,45,52)(H,46,53)(H,47,54)(H,55,56). The third-order valence-electron chi connectivity index (χ3n) is 10.1. The maximum Gasteiger partial charge on any atom is 0.321 e. The lowest BCUT2D eigenvalue weighted by Crippen LogP contribution is -2.40. The number of carboxylic acid groups (broad SMARTS) is 1. The van der Waals surface area contributed by atoms with Gasteiger partial charge in [0.2, 0.25) is 27.7 Å². The van der Waals surface area contributed by atoms with E-state index in [2.05, 4.69) is 49.9 Å². The molecule has 0 saturated carbocycles. The van der Waals surface area contributed by atoms with Gasteiger partial charge in [-0.1, -0.05) is 37.9 Å². The van der Waals surface area contributed by atoms with Crippen LogP contribution < -0.4 is 30.1 Å². The molecule has 0 aromatic heterocycles. The number of nitrogens with one attached hydrogen (secondary N) is 6. The van der Waals surface area contributed by atoms with Gasteiger partial charge in [-0.15, -0.1) is 0 Å². The van der Waals surface area contributed by atoms with Gasteiger partial charge in [0.05, 0.1) is 29.5 Å². The van der Waals surface area contributed by atoms with Crippen LogP contribution in [-0.2, 0) is 60.1 Å². The van der Waals surface area contributed by atoms with Gasteiger partial charge >= 0.3 is 5.97 Å². The van der Waals surface area contributed by atoms with Crippen molar-refractivity contribution in [1.29, 1.82) is 0 Å². The smallest absolute Gasteiger partial charge is 0.321 e. The molecule has 0 saturated heterocycles. The van der Waals surface area contributed by atoms with E-state index in [1.165, 1.54) is 24.3 Å². The second-order valence-corrected chi connectivity index (χ2v) is 19.0. The molecule has 3 atom stereocenters. The summed E-state index contributed by atoms with van der Waals surface area (Å²) in [6, 6.07) is 7.33. The molecule has 4 aromatic rings. The van der Waals surface area contributed by atoms with Crippen molar-refractivity contribution in [2.75, 3.05) is 42.3 Å². The lowest BCUT2D eigenvalue weighted by atomic mass is 9.92. The van der Waals surface area contributed by atoms with Gasteiger partial charge < -0.3 is 26.2 Å². The van der Waals surface area contributed by atoms with E-state index in [9.17, 15) is 46.2 Å². The van der Waals surface area contributed by atoms with Crippen LogP contribution in [0.3, 0.4) is 0 Å². The predicted octanol–water partition coefficient (Wildman–Crippen LogP) is 5.62. The van der Waals surface area contributed by atoms with Gasteiger partial charge in [-0.2, -0.15) is 4.72 Å². The van der Waals surface area contributed by atoms with Gasteiger partial charge in [0.15, 0.2) is 0 Å². The van der Waals surface area contributed by atoms with E-state index in [0.29, 0.717) is 102 Å². The molecule has 0 bridgehead atoms. The monoisotopic (exact) mass is 958 g/mol. The van der Waals surface area contributed by atoms with E-state index in [1.54, 1.807) is 32.9 Å². The average Bonchev–Trinajstić information content (AvgIpc) is 3.24. The second-order valence-electron chi connectivity index (χ2n) is 15.5. The summed E-state index contributed by atoms with van der Waals surface area (Å²) in [5.41, 5.74) is 1.36. The van der Waals surface area contributed by atoms with E-state index >= 15 is 0 Å². The molecular weight excluding hydrogens is 901 g/mol. The molecule has 0 heterocycles. The minimum atomic E-state index is -4.66.